The van der Waals surface area contributed by atoms with Crippen molar-refractivity contribution in [2.24, 2.45) is 0 Å². The van der Waals surface area contributed by atoms with Crippen LogP contribution in [0.1, 0.15) is 25.1 Å². The monoisotopic (exact) mass is 258 g/mol. The Morgan fingerprint density at radius 2 is 2.16 bits per heavy atom. The van der Waals surface area contributed by atoms with Crippen molar-refractivity contribution in [3.63, 3.8) is 0 Å². The standard InChI is InChI=1S/C14H18N4O/c1-10(2)16-7-12-8-17-14(18-11(12)3)19-13-5-4-6-15-9-13/h4-6,8-10,16H,7H2,1-3H3. The SMILES string of the molecule is Cc1nc(Oc2cccnc2)ncc1CNC(C)C. The van der Waals surface area contributed by atoms with E-state index >= 15 is 0 Å². The fourth-order valence-corrected chi connectivity index (χ4v) is 1.52. The summed E-state index contributed by atoms with van der Waals surface area (Å²) in [6.07, 6.45) is 5.12. The molecule has 0 fully saturated rings. The molecule has 0 bridgehead atoms. The Labute approximate surface area is 113 Å². The van der Waals surface area contributed by atoms with E-state index in [9.17, 15) is 0 Å². The lowest BCUT2D eigenvalue weighted by atomic mass is 10.2. The molecule has 0 aromatic carbocycles. The average Bonchev–Trinajstić information content (AvgIpc) is 2.39. The maximum Gasteiger partial charge on any atom is 0.322 e. The zero-order chi connectivity index (χ0) is 13.7. The molecule has 5 heteroatoms. The molecule has 0 saturated heterocycles. The predicted octanol–water partition coefficient (Wildman–Crippen LogP) is 2.47. The third-order valence-corrected chi connectivity index (χ3v) is 2.60. The van der Waals surface area contributed by atoms with E-state index in [1.807, 2.05) is 19.1 Å². The molecule has 0 aliphatic heterocycles. The summed E-state index contributed by atoms with van der Waals surface area (Å²) in [7, 11) is 0. The molecule has 0 amide bonds. The van der Waals surface area contributed by atoms with Crippen molar-refractivity contribution in [2.75, 3.05) is 0 Å². The molecule has 2 rings (SSSR count). The van der Waals surface area contributed by atoms with Gasteiger partial charge in [0.2, 0.25) is 0 Å². The van der Waals surface area contributed by atoms with E-state index in [2.05, 4.69) is 34.1 Å². The topological polar surface area (TPSA) is 59.9 Å². The van der Waals surface area contributed by atoms with Gasteiger partial charge in [-0.1, -0.05) is 13.8 Å². The Bertz CT molecular complexity index is 528. The van der Waals surface area contributed by atoms with Crippen LogP contribution in [0.4, 0.5) is 0 Å². The van der Waals surface area contributed by atoms with Gasteiger partial charge in [0.15, 0.2) is 0 Å². The van der Waals surface area contributed by atoms with E-state index in [0.29, 0.717) is 17.8 Å². The molecular formula is C14H18N4O. The van der Waals surface area contributed by atoms with Gasteiger partial charge in [-0.2, -0.15) is 4.98 Å². The summed E-state index contributed by atoms with van der Waals surface area (Å²) < 4.78 is 5.53. The zero-order valence-electron chi connectivity index (χ0n) is 11.4. The Morgan fingerprint density at radius 3 is 2.79 bits per heavy atom. The van der Waals surface area contributed by atoms with Crippen molar-refractivity contribution in [1.29, 1.82) is 0 Å². The Hall–Kier alpha value is -2.01. The molecule has 0 atom stereocenters. The van der Waals surface area contributed by atoms with Crippen molar-refractivity contribution in [2.45, 2.75) is 33.4 Å². The summed E-state index contributed by atoms with van der Waals surface area (Å²) in [5, 5.41) is 3.34. The maximum absolute atomic E-state index is 5.53. The predicted molar refractivity (Wildman–Crippen MR) is 73.1 cm³/mol. The molecular weight excluding hydrogens is 240 g/mol. The first-order chi connectivity index (χ1) is 9.15. The largest absolute Gasteiger partial charge is 0.423 e. The summed E-state index contributed by atoms with van der Waals surface area (Å²) in [6, 6.07) is 4.41. The molecule has 0 unspecified atom stereocenters. The quantitative estimate of drug-likeness (QED) is 0.892. The van der Waals surface area contributed by atoms with Gasteiger partial charge in [-0.05, 0) is 19.1 Å². The number of aromatic nitrogens is 3. The van der Waals surface area contributed by atoms with Crippen molar-refractivity contribution in [1.82, 2.24) is 20.3 Å². The summed E-state index contributed by atoms with van der Waals surface area (Å²) in [4.78, 5) is 12.5. The van der Waals surface area contributed by atoms with Gasteiger partial charge in [0.05, 0.1) is 6.20 Å². The molecule has 2 aromatic rings. The number of rotatable bonds is 5. The minimum atomic E-state index is 0.346. The molecule has 2 heterocycles. The number of hydrogen-bond acceptors (Lipinski definition) is 5. The molecule has 0 saturated carbocycles. The van der Waals surface area contributed by atoms with Gasteiger partial charge in [0.1, 0.15) is 5.75 Å². The minimum absolute atomic E-state index is 0.346. The smallest absolute Gasteiger partial charge is 0.322 e. The van der Waals surface area contributed by atoms with Crippen LogP contribution in [-0.2, 0) is 6.54 Å². The van der Waals surface area contributed by atoms with Gasteiger partial charge in [0.25, 0.3) is 0 Å². The number of nitrogens with one attached hydrogen (secondary N) is 1. The van der Waals surface area contributed by atoms with Crippen molar-refractivity contribution >= 4 is 0 Å². The van der Waals surface area contributed by atoms with E-state index in [0.717, 1.165) is 17.8 Å². The maximum atomic E-state index is 5.53. The lowest BCUT2D eigenvalue weighted by molar-refractivity contribution is 0.437. The first kappa shape index (κ1) is 13.4. The number of ether oxygens (including phenoxy) is 1. The highest BCUT2D eigenvalue weighted by molar-refractivity contribution is 5.22. The van der Waals surface area contributed by atoms with Gasteiger partial charge in [-0.3, -0.25) is 4.98 Å². The van der Waals surface area contributed by atoms with E-state index in [4.69, 9.17) is 4.74 Å². The van der Waals surface area contributed by atoms with Gasteiger partial charge in [-0.25, -0.2) is 4.98 Å². The van der Waals surface area contributed by atoms with Crippen molar-refractivity contribution in [3.05, 3.63) is 42.0 Å². The average molecular weight is 258 g/mol. The first-order valence-corrected chi connectivity index (χ1v) is 6.29. The van der Waals surface area contributed by atoms with Crippen LogP contribution < -0.4 is 10.1 Å². The Morgan fingerprint density at radius 1 is 1.32 bits per heavy atom. The normalized spacial score (nSPS) is 10.7. The minimum Gasteiger partial charge on any atom is -0.423 e. The molecule has 0 aliphatic rings. The van der Waals surface area contributed by atoms with Crippen LogP contribution in [0.15, 0.2) is 30.7 Å². The summed E-state index contributed by atoms with van der Waals surface area (Å²) in [5.41, 5.74) is 1.99. The molecule has 0 radical (unpaired) electrons. The highest BCUT2D eigenvalue weighted by Gasteiger charge is 2.06. The Kier molecular flexibility index (Phi) is 4.41. The van der Waals surface area contributed by atoms with Crippen LogP contribution in [-0.4, -0.2) is 21.0 Å². The second-order valence-corrected chi connectivity index (χ2v) is 4.59. The second kappa shape index (κ2) is 6.24. The molecule has 5 nitrogen and oxygen atoms in total. The van der Waals surface area contributed by atoms with Gasteiger partial charge in [-0.15, -0.1) is 0 Å². The highest BCUT2D eigenvalue weighted by Crippen LogP contribution is 2.16. The molecule has 100 valence electrons. The van der Waals surface area contributed by atoms with Crippen LogP contribution in [0.5, 0.6) is 11.8 Å². The van der Waals surface area contributed by atoms with Gasteiger partial charge < -0.3 is 10.1 Å². The van der Waals surface area contributed by atoms with Crippen LogP contribution in [0.25, 0.3) is 0 Å². The van der Waals surface area contributed by atoms with Gasteiger partial charge in [0, 0.05) is 36.2 Å². The first-order valence-electron chi connectivity index (χ1n) is 6.29. The third kappa shape index (κ3) is 3.99. The lowest BCUT2D eigenvalue weighted by Crippen LogP contribution is -2.22. The molecule has 0 aliphatic carbocycles. The number of aryl methyl sites for hydroxylation is 1. The van der Waals surface area contributed by atoms with Crippen molar-refractivity contribution < 1.29 is 4.74 Å². The van der Waals surface area contributed by atoms with E-state index in [1.165, 1.54) is 0 Å². The molecule has 2 aromatic heterocycles. The van der Waals surface area contributed by atoms with Crippen molar-refractivity contribution in [3.8, 4) is 11.8 Å². The van der Waals surface area contributed by atoms with E-state index in [-0.39, 0.29) is 0 Å². The summed E-state index contributed by atoms with van der Waals surface area (Å²) >= 11 is 0. The molecule has 19 heavy (non-hydrogen) atoms. The zero-order valence-corrected chi connectivity index (χ0v) is 11.4. The summed E-state index contributed by atoms with van der Waals surface area (Å²) in [6.45, 7) is 6.93. The third-order valence-electron chi connectivity index (χ3n) is 2.60. The summed E-state index contributed by atoms with van der Waals surface area (Å²) in [5.74, 6) is 0.634. The number of pyridine rings is 1. The molecule has 0 spiro atoms. The highest BCUT2D eigenvalue weighted by atomic mass is 16.5. The van der Waals surface area contributed by atoms with Crippen LogP contribution >= 0.6 is 0 Å². The van der Waals surface area contributed by atoms with Crippen LogP contribution in [0.3, 0.4) is 0 Å². The lowest BCUT2D eigenvalue weighted by Gasteiger charge is -2.10. The number of hydrogen-bond donors (Lipinski definition) is 1. The van der Waals surface area contributed by atoms with Crippen LogP contribution in [0, 0.1) is 6.92 Å². The molecule has 1 N–H and O–H groups in total. The van der Waals surface area contributed by atoms with Gasteiger partial charge >= 0.3 is 6.01 Å². The Balaban J connectivity index is 2.06. The van der Waals surface area contributed by atoms with E-state index < -0.39 is 0 Å². The number of nitrogens with zero attached hydrogens (tertiary/aromatic N) is 3. The fraction of sp³-hybridized carbons (Fsp3) is 0.357. The van der Waals surface area contributed by atoms with E-state index in [1.54, 1.807) is 18.6 Å². The second-order valence-electron chi connectivity index (χ2n) is 4.59. The van der Waals surface area contributed by atoms with Crippen LogP contribution in [0.2, 0.25) is 0 Å². The fourth-order valence-electron chi connectivity index (χ4n) is 1.52.